The van der Waals surface area contributed by atoms with Crippen molar-refractivity contribution in [2.45, 2.75) is 39.5 Å². The summed E-state index contributed by atoms with van der Waals surface area (Å²) in [6.07, 6.45) is 13.6. The van der Waals surface area contributed by atoms with Gasteiger partial charge in [-0.2, -0.15) is 0 Å². The van der Waals surface area contributed by atoms with Gasteiger partial charge in [0.1, 0.15) is 0 Å². The van der Waals surface area contributed by atoms with Gasteiger partial charge in [-0.1, -0.05) is 37.8 Å². The first-order valence-corrected chi connectivity index (χ1v) is 8.86. The molecule has 2 aliphatic carbocycles. The van der Waals surface area contributed by atoms with E-state index in [2.05, 4.69) is 49.6 Å². The lowest BCUT2D eigenvalue weighted by Gasteiger charge is -2.22. The molecule has 0 aromatic rings. The Labute approximate surface area is 141 Å². The summed E-state index contributed by atoms with van der Waals surface area (Å²) in [5.74, 6) is 0. The molecule has 0 heterocycles. The van der Waals surface area contributed by atoms with Gasteiger partial charge in [-0.3, -0.25) is 0 Å². The summed E-state index contributed by atoms with van der Waals surface area (Å²) in [5, 5.41) is 0. The van der Waals surface area contributed by atoms with Crippen molar-refractivity contribution in [2.24, 2.45) is 0 Å². The van der Waals surface area contributed by atoms with Crippen LogP contribution in [0, 0.1) is 0 Å². The van der Waals surface area contributed by atoms with Crippen LogP contribution in [0.25, 0.3) is 0 Å². The van der Waals surface area contributed by atoms with Crippen molar-refractivity contribution >= 4 is 0 Å². The molecule has 0 radical (unpaired) electrons. The maximum Gasteiger partial charge on any atom is 0.0589 e. The van der Waals surface area contributed by atoms with Crippen LogP contribution in [0.3, 0.4) is 0 Å². The van der Waals surface area contributed by atoms with E-state index in [-0.39, 0.29) is 0 Å². The van der Waals surface area contributed by atoms with E-state index >= 15 is 0 Å². The molecule has 0 N–H and O–H groups in total. The van der Waals surface area contributed by atoms with Crippen LogP contribution in [-0.2, 0) is 4.74 Å². The van der Waals surface area contributed by atoms with Gasteiger partial charge in [-0.25, -0.2) is 0 Å². The van der Waals surface area contributed by atoms with E-state index in [0.717, 1.165) is 51.9 Å². The van der Waals surface area contributed by atoms with Crippen LogP contribution in [0.2, 0.25) is 0 Å². The van der Waals surface area contributed by atoms with E-state index in [0.29, 0.717) is 0 Å². The Hall–Kier alpha value is -1.38. The molecule has 2 rings (SSSR count). The van der Waals surface area contributed by atoms with Gasteiger partial charge in [-0.15, -0.1) is 0 Å². The molecular weight excluding hydrogens is 282 g/mol. The second kappa shape index (κ2) is 9.05. The maximum atomic E-state index is 5.20. The van der Waals surface area contributed by atoms with Crippen LogP contribution in [0.4, 0.5) is 0 Å². The van der Waals surface area contributed by atoms with Gasteiger partial charge in [0.05, 0.1) is 6.61 Å². The molecule has 0 fully saturated rings. The molecule has 0 atom stereocenters. The van der Waals surface area contributed by atoms with Gasteiger partial charge < -0.3 is 9.64 Å². The number of rotatable bonds is 9. The third-order valence-electron chi connectivity index (χ3n) is 4.84. The summed E-state index contributed by atoms with van der Waals surface area (Å²) in [6.45, 7) is 12.6. The van der Waals surface area contributed by atoms with Gasteiger partial charge in [0, 0.05) is 20.2 Å². The molecule has 0 saturated carbocycles. The minimum atomic E-state index is 0.814. The Balaban J connectivity index is 2.01. The van der Waals surface area contributed by atoms with Crippen LogP contribution >= 0.6 is 0 Å². The third-order valence-corrected chi connectivity index (χ3v) is 4.84. The van der Waals surface area contributed by atoms with Crippen LogP contribution in [0.1, 0.15) is 39.5 Å². The zero-order valence-electron chi connectivity index (χ0n) is 15.0. The standard InChI is InChI=1S/C21H31NO/c1-5-8-17(3)19-9-7-10-20-18(11-12-21(19)20)13-14-22(6-2)15-16-23-4/h5,8,10-11H,3,6-7,9,12-16H2,1-2,4H3/b8-5-. The Bertz CT molecular complexity index is 548. The molecule has 0 spiro atoms. The number of likely N-dealkylation sites (N-methyl/N-ethyl adjacent to an activating group) is 1. The highest BCUT2D eigenvalue weighted by Crippen LogP contribution is 2.41. The number of fused-ring (bicyclic) bond motifs is 1. The van der Waals surface area contributed by atoms with Crippen LogP contribution in [0.5, 0.6) is 0 Å². The molecule has 0 unspecified atom stereocenters. The Morgan fingerprint density at radius 2 is 2.17 bits per heavy atom. The lowest BCUT2D eigenvalue weighted by atomic mass is 9.86. The smallest absolute Gasteiger partial charge is 0.0589 e. The number of ether oxygens (including phenoxy) is 1. The SMILES string of the molecule is C=C(/C=C\C)C1=C2CC=C(CCN(CC)CCOC)C2=CCC1. The monoisotopic (exact) mass is 313 g/mol. The largest absolute Gasteiger partial charge is 0.383 e. The molecule has 2 nitrogen and oxygen atoms in total. The number of nitrogens with zero attached hydrogens (tertiary/aromatic N) is 1. The Kier molecular flexibility index (Phi) is 7.07. The van der Waals surface area contributed by atoms with Crippen molar-refractivity contribution in [3.8, 4) is 0 Å². The Morgan fingerprint density at radius 1 is 1.35 bits per heavy atom. The summed E-state index contributed by atoms with van der Waals surface area (Å²) in [5.41, 5.74) is 7.21. The summed E-state index contributed by atoms with van der Waals surface area (Å²) < 4.78 is 5.20. The number of hydrogen-bond acceptors (Lipinski definition) is 2. The molecule has 0 aromatic heterocycles. The average Bonchev–Trinajstić information content (AvgIpc) is 2.98. The summed E-state index contributed by atoms with van der Waals surface area (Å²) >= 11 is 0. The van der Waals surface area contributed by atoms with Crippen molar-refractivity contribution in [2.75, 3.05) is 33.4 Å². The van der Waals surface area contributed by atoms with Gasteiger partial charge in [0.2, 0.25) is 0 Å². The van der Waals surface area contributed by atoms with Gasteiger partial charge in [-0.05, 0) is 67.0 Å². The summed E-state index contributed by atoms with van der Waals surface area (Å²) in [4.78, 5) is 2.47. The molecule has 2 heteroatoms. The molecule has 0 amide bonds. The first-order chi connectivity index (χ1) is 11.2. The highest BCUT2D eigenvalue weighted by Gasteiger charge is 2.23. The fourth-order valence-electron chi connectivity index (χ4n) is 3.51. The van der Waals surface area contributed by atoms with E-state index in [1.54, 1.807) is 7.11 Å². The van der Waals surface area contributed by atoms with Crippen molar-refractivity contribution in [1.82, 2.24) is 4.90 Å². The van der Waals surface area contributed by atoms with E-state index in [1.165, 1.54) is 27.9 Å². The van der Waals surface area contributed by atoms with Crippen molar-refractivity contribution in [1.29, 1.82) is 0 Å². The molecule has 126 valence electrons. The van der Waals surface area contributed by atoms with E-state index in [1.807, 2.05) is 0 Å². The maximum absolute atomic E-state index is 5.20. The third kappa shape index (κ3) is 4.55. The fraction of sp³-hybridized carbons (Fsp3) is 0.524. The zero-order chi connectivity index (χ0) is 16.7. The Morgan fingerprint density at radius 3 is 2.87 bits per heavy atom. The predicted octanol–water partition coefficient (Wildman–Crippen LogP) is 4.82. The first-order valence-electron chi connectivity index (χ1n) is 8.86. The fourth-order valence-corrected chi connectivity index (χ4v) is 3.51. The number of hydrogen-bond donors (Lipinski definition) is 0. The molecule has 0 aliphatic heterocycles. The molecule has 2 aliphatic rings. The highest BCUT2D eigenvalue weighted by atomic mass is 16.5. The van der Waals surface area contributed by atoms with Crippen molar-refractivity contribution in [3.63, 3.8) is 0 Å². The zero-order valence-corrected chi connectivity index (χ0v) is 15.0. The minimum absolute atomic E-state index is 0.814. The van der Waals surface area contributed by atoms with E-state index in [9.17, 15) is 0 Å². The van der Waals surface area contributed by atoms with Gasteiger partial charge in [0.25, 0.3) is 0 Å². The second-order valence-electron chi connectivity index (χ2n) is 6.25. The highest BCUT2D eigenvalue weighted by molar-refractivity contribution is 5.61. The van der Waals surface area contributed by atoms with Crippen LogP contribution in [0.15, 0.2) is 58.7 Å². The van der Waals surface area contributed by atoms with Gasteiger partial charge >= 0.3 is 0 Å². The minimum Gasteiger partial charge on any atom is -0.383 e. The molecular formula is C21H31NO. The van der Waals surface area contributed by atoms with Crippen LogP contribution in [-0.4, -0.2) is 38.3 Å². The quantitative estimate of drug-likeness (QED) is 0.566. The van der Waals surface area contributed by atoms with Crippen LogP contribution < -0.4 is 0 Å². The molecule has 0 saturated heterocycles. The average molecular weight is 313 g/mol. The molecule has 0 aromatic carbocycles. The summed E-state index contributed by atoms with van der Waals surface area (Å²) in [7, 11) is 1.77. The predicted molar refractivity (Wildman–Crippen MR) is 99.6 cm³/mol. The lowest BCUT2D eigenvalue weighted by molar-refractivity contribution is 0.151. The summed E-state index contributed by atoms with van der Waals surface area (Å²) in [6, 6.07) is 0. The topological polar surface area (TPSA) is 12.5 Å². The molecule has 23 heavy (non-hydrogen) atoms. The second-order valence-corrected chi connectivity index (χ2v) is 6.25. The van der Waals surface area contributed by atoms with Gasteiger partial charge in [0.15, 0.2) is 0 Å². The van der Waals surface area contributed by atoms with E-state index < -0.39 is 0 Å². The van der Waals surface area contributed by atoms with E-state index in [4.69, 9.17) is 4.74 Å². The number of allylic oxidation sites excluding steroid dienone is 8. The van der Waals surface area contributed by atoms with Crippen molar-refractivity contribution < 1.29 is 4.74 Å². The van der Waals surface area contributed by atoms with Crippen molar-refractivity contribution in [3.05, 3.63) is 58.7 Å². The number of methoxy groups -OCH3 is 1. The molecule has 0 bridgehead atoms. The first kappa shape index (κ1) is 18.0. The lowest BCUT2D eigenvalue weighted by Crippen LogP contribution is -2.28. The normalized spacial score (nSPS) is 17.7.